The predicted molar refractivity (Wildman–Crippen MR) is 124 cm³/mol. The average Bonchev–Trinajstić information content (AvgIpc) is 2.81. The number of alkyl halides is 3. The van der Waals surface area contributed by atoms with Crippen molar-refractivity contribution in [2.45, 2.75) is 11.1 Å². The summed E-state index contributed by atoms with van der Waals surface area (Å²) in [6, 6.07) is 16.3. The Morgan fingerprint density at radius 1 is 0.941 bits per heavy atom. The lowest BCUT2D eigenvalue weighted by Crippen LogP contribution is -2.14. The van der Waals surface area contributed by atoms with E-state index in [4.69, 9.17) is 4.74 Å². The summed E-state index contributed by atoms with van der Waals surface area (Å²) < 4.78 is 70.5. The maximum absolute atomic E-state index is 12.7. The standard InChI is InChI=1S/C25H20F3NO4S/c1-33-22-13-9-18(10-14-22)5-2-3-8-24(30)19-6-4-7-21(17-19)29-34(31,32)23-15-11-20(12-16-23)25(26,27)28/h2-17,29H,1H3. The first-order valence-corrected chi connectivity index (χ1v) is 11.4. The molecule has 0 radical (unpaired) electrons. The molecule has 3 aromatic carbocycles. The van der Waals surface area contributed by atoms with Crippen LogP contribution in [0.3, 0.4) is 0 Å². The van der Waals surface area contributed by atoms with E-state index in [1.165, 1.54) is 30.3 Å². The maximum atomic E-state index is 12.7. The number of anilines is 1. The average molecular weight is 487 g/mol. The van der Waals surface area contributed by atoms with Crippen molar-refractivity contribution in [2.24, 2.45) is 0 Å². The molecule has 1 N–H and O–H groups in total. The molecule has 0 aliphatic carbocycles. The first kappa shape index (κ1) is 24.8. The minimum absolute atomic E-state index is 0.105. The van der Waals surface area contributed by atoms with E-state index in [0.29, 0.717) is 12.1 Å². The smallest absolute Gasteiger partial charge is 0.416 e. The van der Waals surface area contributed by atoms with Crippen LogP contribution < -0.4 is 9.46 Å². The number of hydrogen-bond donors (Lipinski definition) is 1. The molecule has 3 aromatic rings. The lowest BCUT2D eigenvalue weighted by molar-refractivity contribution is -0.137. The first-order chi connectivity index (χ1) is 16.1. The summed E-state index contributed by atoms with van der Waals surface area (Å²) in [6.07, 6.45) is 1.82. The number of nitrogens with one attached hydrogen (secondary N) is 1. The summed E-state index contributed by atoms with van der Waals surface area (Å²) in [4.78, 5) is 12.1. The highest BCUT2D eigenvalue weighted by molar-refractivity contribution is 7.92. The molecule has 0 saturated carbocycles. The van der Waals surface area contributed by atoms with Gasteiger partial charge in [-0.3, -0.25) is 9.52 Å². The molecule has 176 valence electrons. The highest BCUT2D eigenvalue weighted by Gasteiger charge is 2.30. The molecule has 0 heterocycles. The number of rotatable bonds is 8. The molecule has 0 amide bonds. The number of sulfonamides is 1. The molecular weight excluding hydrogens is 467 g/mol. The molecular formula is C25H20F3NO4S. The fourth-order valence-corrected chi connectivity index (χ4v) is 3.94. The molecule has 5 nitrogen and oxygen atoms in total. The van der Waals surface area contributed by atoms with Gasteiger partial charge in [-0.1, -0.05) is 42.5 Å². The van der Waals surface area contributed by atoms with Gasteiger partial charge in [-0.05, 0) is 60.2 Å². The fourth-order valence-electron chi connectivity index (χ4n) is 2.89. The van der Waals surface area contributed by atoms with Crippen LogP contribution in [0.5, 0.6) is 5.75 Å². The van der Waals surface area contributed by atoms with Crippen LogP contribution in [0.1, 0.15) is 21.5 Å². The van der Waals surface area contributed by atoms with Gasteiger partial charge in [0.25, 0.3) is 10.0 Å². The third-order valence-electron chi connectivity index (χ3n) is 4.65. The number of halogens is 3. The number of carbonyl (C=O) groups is 1. The van der Waals surface area contributed by atoms with Crippen LogP contribution in [0, 0.1) is 0 Å². The summed E-state index contributed by atoms with van der Waals surface area (Å²) in [6.45, 7) is 0. The summed E-state index contributed by atoms with van der Waals surface area (Å²) in [7, 11) is -2.56. The van der Waals surface area contributed by atoms with Crippen LogP contribution in [-0.2, 0) is 16.2 Å². The van der Waals surface area contributed by atoms with E-state index in [9.17, 15) is 26.4 Å². The first-order valence-electron chi connectivity index (χ1n) is 9.92. The van der Waals surface area contributed by atoms with Crippen molar-refractivity contribution in [3.05, 3.63) is 108 Å². The lowest BCUT2D eigenvalue weighted by atomic mass is 10.1. The van der Waals surface area contributed by atoms with Gasteiger partial charge in [-0.2, -0.15) is 13.2 Å². The van der Waals surface area contributed by atoms with Gasteiger partial charge in [0.05, 0.1) is 17.6 Å². The third kappa shape index (κ3) is 6.58. The fraction of sp³-hybridized carbons (Fsp3) is 0.0800. The van der Waals surface area contributed by atoms with E-state index in [-0.39, 0.29) is 21.9 Å². The topological polar surface area (TPSA) is 72.5 Å². The van der Waals surface area contributed by atoms with Crippen LogP contribution in [-0.4, -0.2) is 21.3 Å². The van der Waals surface area contributed by atoms with Crippen LogP contribution in [0.25, 0.3) is 6.08 Å². The Labute approximate surface area is 195 Å². The Morgan fingerprint density at radius 3 is 2.24 bits per heavy atom. The summed E-state index contributed by atoms with van der Waals surface area (Å²) >= 11 is 0. The number of benzene rings is 3. The highest BCUT2D eigenvalue weighted by atomic mass is 32.2. The summed E-state index contributed by atoms with van der Waals surface area (Å²) in [5, 5.41) is 0. The van der Waals surface area contributed by atoms with E-state index in [1.54, 1.807) is 25.3 Å². The maximum Gasteiger partial charge on any atom is 0.416 e. The predicted octanol–water partition coefficient (Wildman–Crippen LogP) is 5.97. The van der Waals surface area contributed by atoms with Gasteiger partial charge < -0.3 is 4.74 Å². The van der Waals surface area contributed by atoms with E-state index in [1.807, 2.05) is 24.3 Å². The Hall–Kier alpha value is -3.85. The molecule has 34 heavy (non-hydrogen) atoms. The van der Waals surface area contributed by atoms with Crippen molar-refractivity contribution in [1.82, 2.24) is 0 Å². The molecule has 0 unspecified atom stereocenters. The van der Waals surface area contributed by atoms with Crippen LogP contribution >= 0.6 is 0 Å². The van der Waals surface area contributed by atoms with E-state index < -0.39 is 21.8 Å². The molecule has 0 fully saturated rings. The second kappa shape index (κ2) is 10.4. The lowest BCUT2D eigenvalue weighted by Gasteiger charge is -2.10. The van der Waals surface area contributed by atoms with E-state index >= 15 is 0 Å². The van der Waals surface area contributed by atoms with Gasteiger partial charge in [0.15, 0.2) is 5.78 Å². The molecule has 0 aliphatic rings. The van der Waals surface area contributed by atoms with Gasteiger partial charge in [0.1, 0.15) is 5.75 Å². The van der Waals surface area contributed by atoms with Crippen LogP contribution in [0.15, 0.2) is 95.9 Å². The van der Waals surface area contributed by atoms with Gasteiger partial charge in [0, 0.05) is 11.3 Å². The Balaban J connectivity index is 1.68. The summed E-state index contributed by atoms with van der Waals surface area (Å²) in [5.41, 5.74) is 0.305. The van der Waals surface area contributed by atoms with Crippen molar-refractivity contribution in [3.63, 3.8) is 0 Å². The molecule has 0 aliphatic heterocycles. The van der Waals surface area contributed by atoms with Gasteiger partial charge in [0.2, 0.25) is 0 Å². The number of carbonyl (C=O) groups excluding carboxylic acids is 1. The van der Waals surface area contributed by atoms with Crippen molar-refractivity contribution in [1.29, 1.82) is 0 Å². The van der Waals surface area contributed by atoms with Crippen LogP contribution in [0.2, 0.25) is 0 Å². The zero-order valence-corrected chi connectivity index (χ0v) is 18.7. The molecule has 3 rings (SSSR count). The molecule has 0 spiro atoms. The van der Waals surface area contributed by atoms with E-state index in [0.717, 1.165) is 23.4 Å². The number of ether oxygens (including phenoxy) is 1. The molecule has 0 bridgehead atoms. The second-order valence-corrected chi connectivity index (χ2v) is 8.75. The monoisotopic (exact) mass is 487 g/mol. The normalized spacial score (nSPS) is 12.2. The number of hydrogen-bond acceptors (Lipinski definition) is 4. The second-order valence-electron chi connectivity index (χ2n) is 7.06. The van der Waals surface area contributed by atoms with Crippen molar-refractivity contribution in [3.8, 4) is 5.75 Å². The number of allylic oxidation sites excluding steroid dienone is 3. The Bertz CT molecular complexity index is 1310. The third-order valence-corrected chi connectivity index (χ3v) is 6.05. The largest absolute Gasteiger partial charge is 0.497 e. The molecule has 9 heteroatoms. The number of ketones is 1. The zero-order chi connectivity index (χ0) is 24.8. The highest BCUT2D eigenvalue weighted by Crippen LogP contribution is 2.30. The SMILES string of the molecule is COc1ccc(C=CC=CC(=O)c2cccc(NS(=O)(=O)c3ccc(C(F)(F)F)cc3)c2)cc1. The minimum Gasteiger partial charge on any atom is -0.497 e. The quantitative estimate of drug-likeness (QED) is 0.242. The Morgan fingerprint density at radius 2 is 1.62 bits per heavy atom. The molecule has 0 saturated heterocycles. The van der Waals surface area contributed by atoms with Crippen molar-refractivity contribution >= 4 is 27.6 Å². The van der Waals surface area contributed by atoms with E-state index in [2.05, 4.69) is 4.72 Å². The Kier molecular flexibility index (Phi) is 7.57. The summed E-state index contributed by atoms with van der Waals surface area (Å²) in [5.74, 6) is 0.381. The number of methoxy groups -OCH3 is 1. The van der Waals surface area contributed by atoms with Crippen molar-refractivity contribution < 1.29 is 31.1 Å². The zero-order valence-electron chi connectivity index (χ0n) is 17.9. The molecule has 0 aromatic heterocycles. The van der Waals surface area contributed by atoms with Crippen molar-refractivity contribution in [2.75, 3.05) is 11.8 Å². The minimum atomic E-state index is -4.57. The van der Waals surface area contributed by atoms with Gasteiger partial charge >= 0.3 is 6.18 Å². The van der Waals surface area contributed by atoms with Crippen LogP contribution in [0.4, 0.5) is 18.9 Å². The van der Waals surface area contributed by atoms with Gasteiger partial charge in [-0.15, -0.1) is 0 Å². The molecule has 0 atom stereocenters. The van der Waals surface area contributed by atoms with Gasteiger partial charge in [-0.25, -0.2) is 8.42 Å².